The number of hydrogen-bond acceptors (Lipinski definition) is 3. The Balaban J connectivity index is 3.68. The van der Waals surface area contributed by atoms with E-state index in [-0.39, 0.29) is 11.0 Å². The van der Waals surface area contributed by atoms with Gasteiger partial charge in [0.2, 0.25) is 0 Å². The maximum Gasteiger partial charge on any atom is 0.407 e. The van der Waals surface area contributed by atoms with Gasteiger partial charge in [-0.3, -0.25) is 0 Å². The summed E-state index contributed by atoms with van der Waals surface area (Å²) >= 11 is 4.68. The van der Waals surface area contributed by atoms with Crippen molar-refractivity contribution in [3.8, 4) is 0 Å². The first-order valence-corrected chi connectivity index (χ1v) is 4.57. The molecule has 0 rings (SSSR count). The number of alkyl carbamates (subject to hydrolysis) is 1. The Hall–Kier alpha value is -0.840. The smallest absolute Gasteiger partial charge is 0.407 e. The minimum Gasteiger partial charge on any atom is -0.449 e. The fraction of sp³-hybridized carbons (Fsp3) is 0.750. The molecule has 0 aromatic heterocycles. The Kier molecular flexibility index (Phi) is 5.37. The molecule has 0 heterocycles. The van der Waals surface area contributed by atoms with Crippen molar-refractivity contribution in [1.29, 1.82) is 0 Å². The largest absolute Gasteiger partial charge is 0.449 e. The molecule has 76 valence electrons. The van der Waals surface area contributed by atoms with Crippen molar-refractivity contribution in [3.05, 3.63) is 0 Å². The van der Waals surface area contributed by atoms with Crippen LogP contribution >= 0.6 is 12.2 Å². The molecule has 0 aromatic rings. The zero-order valence-corrected chi connectivity index (χ0v) is 8.98. The lowest BCUT2D eigenvalue weighted by Gasteiger charge is -2.13. The van der Waals surface area contributed by atoms with Gasteiger partial charge in [-0.1, -0.05) is 26.1 Å². The van der Waals surface area contributed by atoms with Gasteiger partial charge in [0.05, 0.1) is 17.6 Å². The van der Waals surface area contributed by atoms with Gasteiger partial charge >= 0.3 is 6.09 Å². The van der Waals surface area contributed by atoms with E-state index in [1.165, 1.54) is 0 Å². The van der Waals surface area contributed by atoms with Crippen molar-refractivity contribution in [2.24, 2.45) is 11.7 Å². The highest BCUT2D eigenvalue weighted by atomic mass is 32.1. The number of carbonyl (C=O) groups is 1. The van der Waals surface area contributed by atoms with Gasteiger partial charge in [0.25, 0.3) is 0 Å². The lowest BCUT2D eigenvalue weighted by molar-refractivity contribution is 0.132. The van der Waals surface area contributed by atoms with Crippen molar-refractivity contribution >= 4 is 23.3 Å². The minimum absolute atomic E-state index is 0.251. The zero-order chi connectivity index (χ0) is 10.4. The van der Waals surface area contributed by atoms with Crippen molar-refractivity contribution in [2.75, 3.05) is 6.61 Å². The SMILES string of the molecule is CC(C)COC(=O)NC(C)C(N)=S. The molecule has 0 aliphatic carbocycles. The van der Waals surface area contributed by atoms with E-state index in [1.54, 1.807) is 6.92 Å². The number of ether oxygens (including phenoxy) is 1. The first-order valence-electron chi connectivity index (χ1n) is 4.16. The molecule has 1 unspecified atom stereocenters. The summed E-state index contributed by atoms with van der Waals surface area (Å²) in [6, 6.07) is -0.324. The van der Waals surface area contributed by atoms with Crippen LogP contribution in [0.25, 0.3) is 0 Å². The normalized spacial score (nSPS) is 12.3. The third-order valence-electron chi connectivity index (χ3n) is 1.31. The molecule has 0 saturated carbocycles. The molecular formula is C8H16N2O2S. The fourth-order valence-electron chi connectivity index (χ4n) is 0.532. The lowest BCUT2D eigenvalue weighted by atomic mass is 10.2. The van der Waals surface area contributed by atoms with E-state index in [9.17, 15) is 4.79 Å². The summed E-state index contributed by atoms with van der Waals surface area (Å²) in [6.45, 7) is 6.03. The van der Waals surface area contributed by atoms with Gasteiger partial charge in [-0.15, -0.1) is 0 Å². The average molecular weight is 204 g/mol. The Morgan fingerprint density at radius 3 is 2.46 bits per heavy atom. The second-order valence-corrected chi connectivity index (χ2v) is 3.73. The molecule has 0 fully saturated rings. The van der Waals surface area contributed by atoms with E-state index in [0.717, 1.165) is 0 Å². The maximum absolute atomic E-state index is 11.0. The van der Waals surface area contributed by atoms with Crippen LogP contribution in [-0.4, -0.2) is 23.7 Å². The maximum atomic E-state index is 11.0. The van der Waals surface area contributed by atoms with E-state index < -0.39 is 6.09 Å². The van der Waals surface area contributed by atoms with Crippen molar-refractivity contribution in [3.63, 3.8) is 0 Å². The number of thiocarbonyl (C=S) groups is 1. The topological polar surface area (TPSA) is 64.3 Å². The Labute approximate surface area is 83.8 Å². The van der Waals surface area contributed by atoms with E-state index in [4.69, 9.17) is 10.5 Å². The Morgan fingerprint density at radius 1 is 1.54 bits per heavy atom. The molecule has 3 N–H and O–H groups in total. The summed E-state index contributed by atoms with van der Waals surface area (Å²) in [5, 5.41) is 2.51. The van der Waals surface area contributed by atoms with Gasteiger partial charge in [0, 0.05) is 0 Å². The highest BCUT2D eigenvalue weighted by Crippen LogP contribution is 1.93. The highest BCUT2D eigenvalue weighted by molar-refractivity contribution is 7.80. The second kappa shape index (κ2) is 5.75. The molecule has 0 radical (unpaired) electrons. The molecule has 0 saturated heterocycles. The Morgan fingerprint density at radius 2 is 2.08 bits per heavy atom. The molecule has 1 amide bonds. The van der Waals surface area contributed by atoms with Crippen molar-refractivity contribution in [2.45, 2.75) is 26.8 Å². The van der Waals surface area contributed by atoms with Gasteiger partial charge in [0.15, 0.2) is 0 Å². The summed E-state index contributed by atoms with van der Waals surface area (Å²) in [6.07, 6.45) is -0.478. The fourth-order valence-corrected chi connectivity index (χ4v) is 0.591. The summed E-state index contributed by atoms with van der Waals surface area (Å²) in [7, 11) is 0. The van der Waals surface area contributed by atoms with E-state index in [1.807, 2.05) is 13.8 Å². The van der Waals surface area contributed by atoms with Crippen LogP contribution in [0.2, 0.25) is 0 Å². The number of hydrogen-bond donors (Lipinski definition) is 2. The first kappa shape index (κ1) is 12.2. The minimum atomic E-state index is -0.478. The standard InChI is InChI=1S/C8H16N2O2S/c1-5(2)4-12-8(11)10-6(3)7(9)13/h5-6H,4H2,1-3H3,(H2,9,13)(H,10,11). The molecular weight excluding hydrogens is 188 g/mol. The quantitative estimate of drug-likeness (QED) is 0.672. The van der Waals surface area contributed by atoms with Crippen LogP contribution in [0.15, 0.2) is 0 Å². The van der Waals surface area contributed by atoms with E-state index in [0.29, 0.717) is 12.5 Å². The molecule has 5 heteroatoms. The number of amides is 1. The summed E-state index contributed by atoms with van der Waals surface area (Å²) in [4.78, 5) is 11.3. The highest BCUT2D eigenvalue weighted by Gasteiger charge is 2.10. The van der Waals surface area contributed by atoms with Gasteiger partial charge in [-0.2, -0.15) is 0 Å². The number of nitrogens with one attached hydrogen (secondary N) is 1. The number of carbonyl (C=O) groups excluding carboxylic acids is 1. The summed E-state index contributed by atoms with van der Waals surface area (Å²) < 4.78 is 4.86. The molecule has 13 heavy (non-hydrogen) atoms. The molecule has 0 aromatic carbocycles. The van der Waals surface area contributed by atoms with Gasteiger partial charge < -0.3 is 15.8 Å². The molecule has 1 atom stereocenters. The average Bonchev–Trinajstić information content (AvgIpc) is 2.00. The second-order valence-electron chi connectivity index (χ2n) is 3.26. The lowest BCUT2D eigenvalue weighted by Crippen LogP contribution is -2.41. The third kappa shape index (κ3) is 6.33. The van der Waals surface area contributed by atoms with Crippen molar-refractivity contribution in [1.82, 2.24) is 5.32 Å². The van der Waals surface area contributed by atoms with Gasteiger partial charge in [-0.05, 0) is 12.8 Å². The van der Waals surface area contributed by atoms with Crippen LogP contribution in [0.1, 0.15) is 20.8 Å². The van der Waals surface area contributed by atoms with Crippen LogP contribution in [0.5, 0.6) is 0 Å². The predicted molar refractivity (Wildman–Crippen MR) is 55.6 cm³/mol. The van der Waals surface area contributed by atoms with E-state index >= 15 is 0 Å². The van der Waals surface area contributed by atoms with Crippen LogP contribution in [-0.2, 0) is 4.74 Å². The van der Waals surface area contributed by atoms with Crippen LogP contribution in [0.3, 0.4) is 0 Å². The molecule has 0 bridgehead atoms. The molecule has 4 nitrogen and oxygen atoms in total. The number of nitrogens with two attached hydrogens (primary N) is 1. The van der Waals surface area contributed by atoms with Crippen LogP contribution < -0.4 is 11.1 Å². The van der Waals surface area contributed by atoms with E-state index in [2.05, 4.69) is 17.5 Å². The third-order valence-corrected chi connectivity index (χ3v) is 1.66. The van der Waals surface area contributed by atoms with Crippen molar-refractivity contribution < 1.29 is 9.53 Å². The van der Waals surface area contributed by atoms with Gasteiger partial charge in [-0.25, -0.2) is 4.79 Å². The van der Waals surface area contributed by atoms with Crippen LogP contribution in [0.4, 0.5) is 4.79 Å². The Bertz CT molecular complexity index is 195. The predicted octanol–water partition coefficient (Wildman–Crippen LogP) is 1.04. The number of rotatable bonds is 4. The molecule has 0 aliphatic heterocycles. The monoisotopic (exact) mass is 204 g/mol. The summed E-state index contributed by atoms with van der Waals surface area (Å²) in [5.41, 5.74) is 5.30. The summed E-state index contributed by atoms with van der Waals surface area (Å²) in [5.74, 6) is 0.325. The van der Waals surface area contributed by atoms with Gasteiger partial charge in [0.1, 0.15) is 0 Å². The van der Waals surface area contributed by atoms with Crippen LogP contribution in [0, 0.1) is 5.92 Å². The molecule has 0 spiro atoms. The first-order chi connectivity index (χ1) is 5.93. The zero-order valence-electron chi connectivity index (χ0n) is 8.16. The molecule has 0 aliphatic rings.